The predicted molar refractivity (Wildman–Crippen MR) is 124 cm³/mol. The predicted octanol–water partition coefficient (Wildman–Crippen LogP) is 3.53. The monoisotopic (exact) mass is 519 g/mol. The van der Waals surface area contributed by atoms with Gasteiger partial charge in [-0.1, -0.05) is 30.3 Å². The molecule has 0 heterocycles. The van der Waals surface area contributed by atoms with Gasteiger partial charge in [0.25, 0.3) is 0 Å². The Hall–Kier alpha value is -1.68. The summed E-state index contributed by atoms with van der Waals surface area (Å²) in [6.45, 7) is 4.03. The minimum atomic E-state index is -1.07. The number of rotatable bonds is 9. The van der Waals surface area contributed by atoms with Crippen LogP contribution in [0.4, 0.5) is 4.39 Å². The molecule has 0 spiro atoms. The van der Waals surface area contributed by atoms with Crippen LogP contribution >= 0.6 is 24.0 Å². The normalized spacial score (nSPS) is 12.0. The summed E-state index contributed by atoms with van der Waals surface area (Å²) in [4.78, 5) is 7.25. The molecule has 1 atom stereocenters. The average molecular weight is 519 g/mol. The highest BCUT2D eigenvalue weighted by Gasteiger charge is 2.08. The van der Waals surface area contributed by atoms with Crippen LogP contribution in [0.25, 0.3) is 0 Å². The second kappa shape index (κ2) is 13.5. The van der Waals surface area contributed by atoms with Crippen LogP contribution in [-0.2, 0) is 10.8 Å². The molecule has 0 bridgehead atoms. The minimum absolute atomic E-state index is 0. The van der Waals surface area contributed by atoms with Gasteiger partial charge in [-0.25, -0.2) is 4.39 Å². The topological polar surface area (TPSA) is 53.9 Å². The van der Waals surface area contributed by atoms with Crippen molar-refractivity contribution in [3.63, 3.8) is 0 Å². The molecular formula is C20H27FIN3O2S. The van der Waals surface area contributed by atoms with Crippen LogP contribution in [0.3, 0.4) is 0 Å². The number of aliphatic imine (C=N–C) groups is 1. The molecule has 2 aromatic carbocycles. The van der Waals surface area contributed by atoms with Crippen LogP contribution in [0.1, 0.15) is 6.92 Å². The first kappa shape index (κ1) is 24.4. The van der Waals surface area contributed by atoms with Crippen molar-refractivity contribution in [3.05, 3.63) is 60.4 Å². The van der Waals surface area contributed by atoms with E-state index in [2.05, 4.69) is 10.3 Å². The van der Waals surface area contributed by atoms with E-state index in [0.29, 0.717) is 31.4 Å². The third kappa shape index (κ3) is 8.14. The smallest absolute Gasteiger partial charge is 0.193 e. The maximum absolute atomic E-state index is 13.6. The summed E-state index contributed by atoms with van der Waals surface area (Å²) in [7, 11) is 0.820. The van der Waals surface area contributed by atoms with Crippen molar-refractivity contribution < 1.29 is 13.3 Å². The standard InChI is InChI=1S/C20H26FN3O2S.HI/c1-3-22-20(23-13-16-27(25)17-9-5-4-6-10-17)24(2)14-15-26-19-12-8-7-11-18(19)21;/h4-12H,3,13-16H2,1-2H3,(H,22,23);1H. The first-order valence-electron chi connectivity index (χ1n) is 8.92. The van der Waals surface area contributed by atoms with E-state index in [4.69, 9.17) is 4.74 Å². The number of para-hydroxylation sites is 1. The zero-order valence-electron chi connectivity index (χ0n) is 16.1. The Kier molecular flexibility index (Phi) is 11.7. The van der Waals surface area contributed by atoms with Crippen molar-refractivity contribution in [2.45, 2.75) is 11.8 Å². The number of halogens is 2. The fourth-order valence-corrected chi connectivity index (χ4v) is 3.31. The molecule has 1 N–H and O–H groups in total. The fourth-order valence-electron chi connectivity index (χ4n) is 2.35. The van der Waals surface area contributed by atoms with E-state index < -0.39 is 10.8 Å². The van der Waals surface area contributed by atoms with E-state index in [1.54, 1.807) is 18.2 Å². The van der Waals surface area contributed by atoms with Crippen LogP contribution in [0.2, 0.25) is 0 Å². The molecular weight excluding hydrogens is 492 g/mol. The molecule has 5 nitrogen and oxygen atoms in total. The van der Waals surface area contributed by atoms with Crippen molar-refractivity contribution in [2.75, 3.05) is 39.0 Å². The van der Waals surface area contributed by atoms with E-state index in [-0.39, 0.29) is 35.5 Å². The lowest BCUT2D eigenvalue weighted by Crippen LogP contribution is -2.41. The first-order valence-corrected chi connectivity index (χ1v) is 10.2. The minimum Gasteiger partial charge on any atom is -0.489 e. The van der Waals surface area contributed by atoms with Gasteiger partial charge in [0.1, 0.15) is 6.61 Å². The van der Waals surface area contributed by atoms with E-state index in [0.717, 1.165) is 11.4 Å². The number of nitrogens with zero attached hydrogens (tertiary/aromatic N) is 2. The van der Waals surface area contributed by atoms with Gasteiger partial charge in [-0.3, -0.25) is 9.20 Å². The third-order valence-corrected chi connectivity index (χ3v) is 5.11. The Labute approximate surface area is 185 Å². The number of ether oxygens (including phenoxy) is 1. The van der Waals surface area contributed by atoms with Crippen molar-refractivity contribution in [1.29, 1.82) is 0 Å². The molecule has 0 aliphatic carbocycles. The quantitative estimate of drug-likeness (QED) is 0.313. The van der Waals surface area contributed by atoms with Crippen molar-refractivity contribution in [3.8, 4) is 5.75 Å². The summed E-state index contributed by atoms with van der Waals surface area (Å²) in [5, 5.41) is 3.20. The van der Waals surface area contributed by atoms with Crippen molar-refractivity contribution in [2.24, 2.45) is 4.99 Å². The lowest BCUT2D eigenvalue weighted by molar-refractivity contribution is 0.270. The molecule has 0 aliphatic heterocycles. The highest BCUT2D eigenvalue weighted by atomic mass is 127. The molecule has 0 radical (unpaired) electrons. The molecule has 2 rings (SSSR count). The zero-order chi connectivity index (χ0) is 19.5. The van der Waals surface area contributed by atoms with E-state index in [1.807, 2.05) is 49.2 Å². The summed E-state index contributed by atoms with van der Waals surface area (Å²) in [5.74, 6) is 1.04. The second-order valence-electron chi connectivity index (χ2n) is 5.80. The van der Waals surface area contributed by atoms with E-state index in [9.17, 15) is 8.60 Å². The maximum atomic E-state index is 13.6. The molecule has 154 valence electrons. The number of benzene rings is 2. The average Bonchev–Trinajstić information content (AvgIpc) is 2.69. The molecule has 28 heavy (non-hydrogen) atoms. The molecule has 1 unspecified atom stereocenters. The summed E-state index contributed by atoms with van der Waals surface area (Å²) in [5.41, 5.74) is 0. The summed E-state index contributed by atoms with van der Waals surface area (Å²) >= 11 is 0. The van der Waals surface area contributed by atoms with Crippen LogP contribution < -0.4 is 10.1 Å². The van der Waals surface area contributed by atoms with Gasteiger partial charge in [0.2, 0.25) is 0 Å². The number of guanidine groups is 1. The third-order valence-electron chi connectivity index (χ3n) is 3.76. The Balaban J connectivity index is 0.00000392. The largest absolute Gasteiger partial charge is 0.489 e. The maximum Gasteiger partial charge on any atom is 0.193 e. The SMILES string of the molecule is CCNC(=NCCS(=O)c1ccccc1)N(C)CCOc1ccccc1F.I. The summed E-state index contributed by atoms with van der Waals surface area (Å²) in [6.07, 6.45) is 0. The Morgan fingerprint density at radius 3 is 2.54 bits per heavy atom. The van der Waals surface area contributed by atoms with E-state index in [1.165, 1.54) is 6.07 Å². The van der Waals surface area contributed by atoms with Crippen LogP contribution in [0.5, 0.6) is 5.75 Å². The van der Waals surface area contributed by atoms with Gasteiger partial charge in [-0.2, -0.15) is 0 Å². The first-order chi connectivity index (χ1) is 13.1. The number of hydrogen-bond acceptors (Lipinski definition) is 3. The summed E-state index contributed by atoms with van der Waals surface area (Å²) < 4.78 is 31.3. The molecule has 0 saturated carbocycles. The van der Waals surface area contributed by atoms with Crippen molar-refractivity contribution in [1.82, 2.24) is 10.2 Å². The molecule has 0 aliphatic rings. The van der Waals surface area contributed by atoms with Gasteiger partial charge in [0.15, 0.2) is 17.5 Å². The number of likely N-dealkylation sites (N-methyl/N-ethyl adjacent to an activating group) is 1. The van der Waals surface area contributed by atoms with Crippen LogP contribution in [0.15, 0.2) is 64.5 Å². The van der Waals surface area contributed by atoms with Gasteiger partial charge in [-0.05, 0) is 31.2 Å². The van der Waals surface area contributed by atoms with Crippen LogP contribution in [-0.4, -0.2) is 54.1 Å². The highest BCUT2D eigenvalue weighted by molar-refractivity contribution is 14.0. The Morgan fingerprint density at radius 2 is 1.86 bits per heavy atom. The fraction of sp³-hybridized carbons (Fsp3) is 0.350. The van der Waals surface area contributed by atoms with Gasteiger partial charge in [-0.15, -0.1) is 24.0 Å². The number of nitrogens with one attached hydrogen (secondary N) is 1. The second-order valence-corrected chi connectivity index (χ2v) is 7.37. The molecule has 0 saturated heterocycles. The van der Waals surface area contributed by atoms with Gasteiger partial charge < -0.3 is 15.0 Å². The van der Waals surface area contributed by atoms with Crippen molar-refractivity contribution >= 4 is 40.7 Å². The Morgan fingerprint density at radius 1 is 1.18 bits per heavy atom. The lowest BCUT2D eigenvalue weighted by atomic mass is 10.3. The van der Waals surface area contributed by atoms with Gasteiger partial charge in [0.05, 0.1) is 23.9 Å². The lowest BCUT2D eigenvalue weighted by Gasteiger charge is -2.22. The Bertz CT molecular complexity index is 762. The van der Waals surface area contributed by atoms with E-state index >= 15 is 0 Å². The number of hydrogen-bond donors (Lipinski definition) is 1. The highest BCUT2D eigenvalue weighted by Crippen LogP contribution is 2.15. The van der Waals surface area contributed by atoms with Gasteiger partial charge >= 0.3 is 0 Å². The molecule has 0 fully saturated rings. The summed E-state index contributed by atoms with van der Waals surface area (Å²) in [6, 6.07) is 15.7. The molecule has 0 amide bonds. The molecule has 8 heteroatoms. The van der Waals surface area contributed by atoms with Crippen LogP contribution in [0, 0.1) is 5.82 Å². The zero-order valence-corrected chi connectivity index (χ0v) is 19.3. The molecule has 2 aromatic rings. The molecule has 0 aromatic heterocycles. The van der Waals surface area contributed by atoms with Gasteiger partial charge in [0, 0.05) is 24.2 Å².